The van der Waals surface area contributed by atoms with Crippen LogP contribution in [0.25, 0.3) is 0 Å². The van der Waals surface area contributed by atoms with E-state index in [-0.39, 0.29) is 0 Å². The van der Waals surface area contributed by atoms with Gasteiger partial charge in [0.2, 0.25) is 0 Å². The minimum atomic E-state index is 0.528. The number of aromatic nitrogens is 2. The van der Waals surface area contributed by atoms with Crippen LogP contribution in [0.1, 0.15) is 38.9 Å². The molecule has 1 saturated carbocycles. The van der Waals surface area contributed by atoms with Crippen molar-refractivity contribution in [2.45, 2.75) is 45.6 Å². The lowest BCUT2D eigenvalue weighted by Gasteiger charge is -2.13. The second kappa shape index (κ2) is 5.00. The van der Waals surface area contributed by atoms with Gasteiger partial charge in [-0.25, -0.2) is 9.97 Å². The molecular weight excluding hydrogens is 222 g/mol. The van der Waals surface area contributed by atoms with Gasteiger partial charge in [0, 0.05) is 18.5 Å². The van der Waals surface area contributed by atoms with Crippen LogP contribution in [0, 0.1) is 5.92 Å². The Bertz CT molecular complexity index is 367. The van der Waals surface area contributed by atoms with Gasteiger partial charge in [-0.15, -0.1) is 0 Å². The summed E-state index contributed by atoms with van der Waals surface area (Å²) in [5.41, 5.74) is 0. The maximum Gasteiger partial charge on any atom is 0.134 e. The van der Waals surface area contributed by atoms with Crippen molar-refractivity contribution in [3.8, 4) is 0 Å². The molecule has 2 unspecified atom stereocenters. The van der Waals surface area contributed by atoms with Crippen molar-refractivity contribution in [3.63, 3.8) is 0 Å². The van der Waals surface area contributed by atoms with Crippen molar-refractivity contribution in [1.82, 2.24) is 9.97 Å². The minimum Gasteiger partial charge on any atom is -0.367 e. The zero-order valence-electron chi connectivity index (χ0n) is 9.83. The summed E-state index contributed by atoms with van der Waals surface area (Å²) in [4.78, 5) is 8.59. The van der Waals surface area contributed by atoms with Crippen molar-refractivity contribution in [3.05, 3.63) is 17.0 Å². The molecule has 88 valence electrons. The Hall–Kier alpha value is -0.830. The molecule has 16 heavy (non-hydrogen) atoms. The zero-order valence-corrected chi connectivity index (χ0v) is 10.6. The van der Waals surface area contributed by atoms with Crippen LogP contribution < -0.4 is 5.32 Å². The Kier molecular flexibility index (Phi) is 3.64. The average Bonchev–Trinajstić information content (AvgIpc) is 2.63. The number of aryl methyl sites for hydroxylation is 1. The van der Waals surface area contributed by atoms with Gasteiger partial charge >= 0.3 is 0 Å². The number of nitrogens with one attached hydrogen (secondary N) is 1. The largest absolute Gasteiger partial charge is 0.367 e. The van der Waals surface area contributed by atoms with Crippen LogP contribution in [0.5, 0.6) is 0 Å². The number of rotatable bonds is 3. The predicted molar refractivity (Wildman–Crippen MR) is 66.8 cm³/mol. The molecule has 2 rings (SSSR count). The molecular formula is C12H18ClN3. The first kappa shape index (κ1) is 11.6. The van der Waals surface area contributed by atoms with E-state index in [1.54, 1.807) is 0 Å². The minimum absolute atomic E-state index is 0.528. The third-order valence-electron chi connectivity index (χ3n) is 3.10. The molecule has 1 heterocycles. The van der Waals surface area contributed by atoms with E-state index >= 15 is 0 Å². The van der Waals surface area contributed by atoms with E-state index in [0.717, 1.165) is 24.0 Å². The molecule has 0 aromatic carbocycles. The quantitative estimate of drug-likeness (QED) is 0.823. The van der Waals surface area contributed by atoms with Gasteiger partial charge in [-0.3, -0.25) is 0 Å². The molecule has 0 aliphatic heterocycles. The van der Waals surface area contributed by atoms with E-state index < -0.39 is 0 Å². The third-order valence-corrected chi connectivity index (χ3v) is 3.30. The highest BCUT2D eigenvalue weighted by Crippen LogP contribution is 2.27. The van der Waals surface area contributed by atoms with Gasteiger partial charge in [-0.2, -0.15) is 0 Å². The van der Waals surface area contributed by atoms with E-state index in [1.807, 2.05) is 13.0 Å². The molecule has 1 aliphatic rings. The standard InChI is InChI=1S/C12H18ClN3/c1-3-11-15-10(13)7-12(16-11)14-9-5-4-8(2)6-9/h7-9H,3-6H2,1-2H3,(H,14,15,16). The SMILES string of the molecule is CCc1nc(Cl)cc(NC2CCC(C)C2)n1. The molecule has 2 atom stereocenters. The lowest BCUT2D eigenvalue weighted by atomic mass is 10.1. The topological polar surface area (TPSA) is 37.8 Å². The Balaban J connectivity index is 2.06. The van der Waals surface area contributed by atoms with Crippen molar-refractivity contribution in [2.75, 3.05) is 5.32 Å². The van der Waals surface area contributed by atoms with Crippen LogP contribution in [-0.4, -0.2) is 16.0 Å². The van der Waals surface area contributed by atoms with Crippen molar-refractivity contribution >= 4 is 17.4 Å². The number of hydrogen-bond donors (Lipinski definition) is 1. The van der Waals surface area contributed by atoms with E-state index in [9.17, 15) is 0 Å². The molecule has 1 N–H and O–H groups in total. The number of hydrogen-bond acceptors (Lipinski definition) is 3. The molecule has 3 nitrogen and oxygen atoms in total. The van der Waals surface area contributed by atoms with Gasteiger partial charge in [0.15, 0.2) is 0 Å². The lowest BCUT2D eigenvalue weighted by Crippen LogP contribution is -2.16. The van der Waals surface area contributed by atoms with E-state index in [1.165, 1.54) is 19.3 Å². The first-order chi connectivity index (χ1) is 7.67. The van der Waals surface area contributed by atoms with E-state index in [4.69, 9.17) is 11.6 Å². The van der Waals surface area contributed by atoms with E-state index in [2.05, 4.69) is 22.2 Å². The fraction of sp³-hybridized carbons (Fsp3) is 0.667. The monoisotopic (exact) mass is 239 g/mol. The second-order valence-corrected chi connectivity index (χ2v) is 4.99. The summed E-state index contributed by atoms with van der Waals surface area (Å²) < 4.78 is 0. The molecule has 1 aliphatic carbocycles. The molecule has 0 spiro atoms. The Labute approximate surface area is 102 Å². The van der Waals surface area contributed by atoms with Gasteiger partial charge in [0.25, 0.3) is 0 Å². The Morgan fingerprint density at radius 3 is 2.88 bits per heavy atom. The van der Waals surface area contributed by atoms with Crippen LogP contribution in [0.15, 0.2) is 6.07 Å². The molecule has 0 bridgehead atoms. The van der Waals surface area contributed by atoms with Crippen LogP contribution in [0.2, 0.25) is 5.15 Å². The summed E-state index contributed by atoms with van der Waals surface area (Å²) in [5, 5.41) is 3.98. The van der Waals surface area contributed by atoms with Gasteiger partial charge in [0.1, 0.15) is 16.8 Å². The molecule has 0 radical (unpaired) electrons. The van der Waals surface area contributed by atoms with Crippen LogP contribution >= 0.6 is 11.6 Å². The molecule has 0 amide bonds. The maximum atomic E-state index is 5.95. The predicted octanol–water partition coefficient (Wildman–Crippen LogP) is 3.29. The van der Waals surface area contributed by atoms with Crippen molar-refractivity contribution in [2.24, 2.45) is 5.92 Å². The fourth-order valence-electron chi connectivity index (χ4n) is 2.24. The number of halogens is 1. The molecule has 1 fully saturated rings. The average molecular weight is 240 g/mol. The van der Waals surface area contributed by atoms with Gasteiger partial charge in [0.05, 0.1) is 0 Å². The summed E-state index contributed by atoms with van der Waals surface area (Å²) in [5.74, 6) is 2.50. The highest BCUT2D eigenvalue weighted by Gasteiger charge is 2.21. The summed E-state index contributed by atoms with van der Waals surface area (Å²) in [7, 11) is 0. The summed E-state index contributed by atoms with van der Waals surface area (Å²) >= 11 is 5.95. The van der Waals surface area contributed by atoms with Crippen molar-refractivity contribution < 1.29 is 0 Å². The molecule has 1 aromatic rings. The summed E-state index contributed by atoms with van der Waals surface area (Å²) in [6.45, 7) is 4.33. The van der Waals surface area contributed by atoms with Gasteiger partial charge < -0.3 is 5.32 Å². The Morgan fingerprint density at radius 2 is 2.25 bits per heavy atom. The highest BCUT2D eigenvalue weighted by molar-refractivity contribution is 6.29. The first-order valence-corrected chi connectivity index (χ1v) is 6.35. The zero-order chi connectivity index (χ0) is 11.5. The van der Waals surface area contributed by atoms with Gasteiger partial charge in [-0.1, -0.05) is 25.4 Å². The Morgan fingerprint density at radius 1 is 1.44 bits per heavy atom. The summed E-state index contributed by atoms with van der Waals surface area (Å²) in [6, 6.07) is 2.36. The van der Waals surface area contributed by atoms with Crippen LogP contribution in [-0.2, 0) is 6.42 Å². The maximum absolute atomic E-state index is 5.95. The number of anilines is 1. The second-order valence-electron chi connectivity index (χ2n) is 4.61. The molecule has 0 saturated heterocycles. The first-order valence-electron chi connectivity index (χ1n) is 5.97. The third kappa shape index (κ3) is 2.85. The molecule has 1 aromatic heterocycles. The number of nitrogens with zero attached hydrogens (tertiary/aromatic N) is 2. The van der Waals surface area contributed by atoms with Crippen LogP contribution in [0.3, 0.4) is 0 Å². The van der Waals surface area contributed by atoms with E-state index in [0.29, 0.717) is 11.2 Å². The molecule has 4 heteroatoms. The van der Waals surface area contributed by atoms with Crippen molar-refractivity contribution in [1.29, 1.82) is 0 Å². The summed E-state index contributed by atoms with van der Waals surface area (Å²) in [6.07, 6.45) is 4.57. The lowest BCUT2D eigenvalue weighted by molar-refractivity contribution is 0.602. The smallest absolute Gasteiger partial charge is 0.134 e. The highest BCUT2D eigenvalue weighted by atomic mass is 35.5. The van der Waals surface area contributed by atoms with Crippen LogP contribution in [0.4, 0.5) is 5.82 Å². The fourth-order valence-corrected chi connectivity index (χ4v) is 2.44. The van der Waals surface area contributed by atoms with Gasteiger partial charge in [-0.05, 0) is 25.2 Å². The normalized spacial score (nSPS) is 24.7.